The van der Waals surface area contributed by atoms with Gasteiger partial charge >= 0.3 is 0 Å². The van der Waals surface area contributed by atoms with Crippen LogP contribution in [0.25, 0.3) is 0 Å². The van der Waals surface area contributed by atoms with Crippen LogP contribution in [0.1, 0.15) is 0 Å². The molecule has 0 aliphatic rings. The fraction of sp³-hybridized carbons (Fsp3) is 0.143. The van der Waals surface area contributed by atoms with E-state index >= 15 is 0 Å². The van der Waals surface area contributed by atoms with Crippen molar-refractivity contribution >= 4 is 27.5 Å². The Balaban J connectivity index is 3.25. The molecule has 1 rings (SSSR count). The van der Waals surface area contributed by atoms with E-state index in [1.54, 1.807) is 6.07 Å². The molecule has 1 N–H and O–H groups in total. The Morgan fingerprint density at radius 1 is 1.55 bits per heavy atom. The molecular weight excluding hydrogens is 231 g/mol. The first-order chi connectivity index (χ1) is 5.15. The maximum absolute atomic E-state index is 9.23. The second-order valence-corrected chi connectivity index (χ2v) is 3.26. The van der Waals surface area contributed by atoms with Crippen LogP contribution in [0.3, 0.4) is 0 Å². The molecule has 4 heteroatoms. The zero-order chi connectivity index (χ0) is 8.43. The zero-order valence-corrected chi connectivity index (χ0v) is 8.11. The zero-order valence-electron chi connectivity index (χ0n) is 5.77. The van der Waals surface area contributed by atoms with Crippen molar-refractivity contribution < 1.29 is 9.84 Å². The molecule has 0 fully saturated rings. The van der Waals surface area contributed by atoms with Crippen LogP contribution in [-0.4, -0.2) is 12.2 Å². The molecule has 60 valence electrons. The summed E-state index contributed by atoms with van der Waals surface area (Å²) >= 11 is 8.90. The summed E-state index contributed by atoms with van der Waals surface area (Å²) in [6.45, 7) is 0. The quantitative estimate of drug-likeness (QED) is 0.814. The van der Waals surface area contributed by atoms with Crippen LogP contribution in [0.2, 0.25) is 5.02 Å². The summed E-state index contributed by atoms with van der Waals surface area (Å²) < 4.78 is 5.55. The molecule has 0 amide bonds. The predicted molar refractivity (Wildman–Crippen MR) is 47.4 cm³/mol. The smallest absolute Gasteiger partial charge is 0.179 e. The summed E-state index contributed by atoms with van der Waals surface area (Å²) in [7, 11) is 1.45. The van der Waals surface area contributed by atoms with E-state index in [2.05, 4.69) is 15.9 Å². The van der Waals surface area contributed by atoms with E-state index in [0.29, 0.717) is 10.8 Å². The van der Waals surface area contributed by atoms with Crippen molar-refractivity contribution in [1.29, 1.82) is 0 Å². The van der Waals surface area contributed by atoms with E-state index in [0.717, 1.165) is 4.47 Å². The van der Waals surface area contributed by atoms with Gasteiger partial charge in [-0.05, 0) is 12.1 Å². The van der Waals surface area contributed by atoms with Crippen LogP contribution >= 0.6 is 27.5 Å². The summed E-state index contributed by atoms with van der Waals surface area (Å²) in [6.07, 6.45) is 0. The minimum atomic E-state index is 0.0341. The first kappa shape index (κ1) is 8.68. The summed E-state index contributed by atoms with van der Waals surface area (Å²) in [5.41, 5.74) is 0. The molecule has 0 aliphatic carbocycles. The van der Waals surface area contributed by atoms with Crippen LogP contribution in [0, 0.1) is 0 Å². The van der Waals surface area contributed by atoms with Gasteiger partial charge in [-0.3, -0.25) is 0 Å². The summed E-state index contributed by atoms with van der Waals surface area (Å²) in [5, 5.41) is 9.62. The maximum Gasteiger partial charge on any atom is 0.179 e. The van der Waals surface area contributed by atoms with Crippen molar-refractivity contribution in [2.45, 2.75) is 0 Å². The van der Waals surface area contributed by atoms with Crippen molar-refractivity contribution in [3.8, 4) is 11.5 Å². The van der Waals surface area contributed by atoms with Crippen molar-refractivity contribution in [1.82, 2.24) is 0 Å². The predicted octanol–water partition coefficient (Wildman–Crippen LogP) is 2.82. The number of halogens is 2. The molecule has 0 spiro atoms. The lowest BCUT2D eigenvalue weighted by atomic mass is 10.3. The van der Waals surface area contributed by atoms with Gasteiger partial charge < -0.3 is 9.84 Å². The Morgan fingerprint density at radius 3 is 2.64 bits per heavy atom. The average Bonchev–Trinajstić information content (AvgIpc) is 1.85. The van der Waals surface area contributed by atoms with Gasteiger partial charge in [-0.1, -0.05) is 27.5 Å². The number of rotatable bonds is 1. The van der Waals surface area contributed by atoms with Gasteiger partial charge in [-0.15, -0.1) is 0 Å². The topological polar surface area (TPSA) is 29.5 Å². The highest BCUT2D eigenvalue weighted by Gasteiger charge is 2.06. The number of benzene rings is 1. The highest BCUT2D eigenvalue weighted by atomic mass is 79.9. The molecule has 2 nitrogen and oxygen atoms in total. The Morgan fingerprint density at radius 2 is 2.18 bits per heavy atom. The fourth-order valence-electron chi connectivity index (χ4n) is 0.749. The molecule has 1 aromatic rings. The lowest BCUT2D eigenvalue weighted by Crippen LogP contribution is -1.84. The molecule has 0 unspecified atom stereocenters. The lowest BCUT2D eigenvalue weighted by Gasteiger charge is -2.04. The average molecular weight is 237 g/mol. The largest absolute Gasteiger partial charge is 0.504 e. The van der Waals surface area contributed by atoms with Crippen LogP contribution in [-0.2, 0) is 0 Å². The molecule has 0 radical (unpaired) electrons. The highest BCUT2D eigenvalue weighted by molar-refractivity contribution is 9.10. The number of ether oxygens (including phenoxy) is 1. The van der Waals surface area contributed by atoms with E-state index in [9.17, 15) is 5.11 Å². The second kappa shape index (κ2) is 3.32. The van der Waals surface area contributed by atoms with Gasteiger partial charge in [0.1, 0.15) is 0 Å². The molecule has 0 saturated carbocycles. The number of phenolic OH excluding ortho intramolecular Hbond substituents is 1. The van der Waals surface area contributed by atoms with E-state index < -0.39 is 0 Å². The fourth-order valence-corrected chi connectivity index (χ4v) is 1.62. The standard InChI is InChI=1S/C7H6BrClO2/c1-11-7-5(9)2-4(8)3-6(7)10/h2-3,10H,1H3. The minimum absolute atomic E-state index is 0.0341. The van der Waals surface area contributed by atoms with Gasteiger partial charge in [0.15, 0.2) is 11.5 Å². The van der Waals surface area contributed by atoms with Gasteiger partial charge in [0.25, 0.3) is 0 Å². The van der Waals surface area contributed by atoms with Crippen molar-refractivity contribution in [3.05, 3.63) is 21.6 Å². The van der Waals surface area contributed by atoms with E-state index in [4.69, 9.17) is 16.3 Å². The first-order valence-electron chi connectivity index (χ1n) is 2.87. The third-order valence-corrected chi connectivity index (χ3v) is 1.93. The Kier molecular flexibility index (Phi) is 2.62. The Bertz CT molecular complexity index is 252. The second-order valence-electron chi connectivity index (χ2n) is 1.94. The highest BCUT2D eigenvalue weighted by Crippen LogP contribution is 2.36. The normalized spacial score (nSPS) is 9.73. The van der Waals surface area contributed by atoms with Gasteiger partial charge in [0.2, 0.25) is 0 Å². The van der Waals surface area contributed by atoms with Crippen LogP contribution in [0.4, 0.5) is 0 Å². The number of aromatic hydroxyl groups is 1. The maximum atomic E-state index is 9.23. The van der Waals surface area contributed by atoms with Gasteiger partial charge in [-0.2, -0.15) is 0 Å². The molecule has 0 atom stereocenters. The SMILES string of the molecule is COc1c(O)cc(Br)cc1Cl. The Labute approximate surface area is 77.9 Å². The number of hydrogen-bond acceptors (Lipinski definition) is 2. The third kappa shape index (κ3) is 1.79. The van der Waals surface area contributed by atoms with Crippen LogP contribution < -0.4 is 4.74 Å². The van der Waals surface area contributed by atoms with Crippen molar-refractivity contribution in [2.24, 2.45) is 0 Å². The number of phenols is 1. The lowest BCUT2D eigenvalue weighted by molar-refractivity contribution is 0.373. The van der Waals surface area contributed by atoms with E-state index in [1.807, 2.05) is 0 Å². The molecule has 0 aliphatic heterocycles. The van der Waals surface area contributed by atoms with Crippen LogP contribution in [0.5, 0.6) is 11.5 Å². The molecule has 11 heavy (non-hydrogen) atoms. The molecule has 0 bridgehead atoms. The minimum Gasteiger partial charge on any atom is -0.504 e. The van der Waals surface area contributed by atoms with Gasteiger partial charge in [-0.25, -0.2) is 0 Å². The number of methoxy groups -OCH3 is 1. The van der Waals surface area contributed by atoms with E-state index in [1.165, 1.54) is 13.2 Å². The molecule has 1 aromatic carbocycles. The molecular formula is C7H6BrClO2. The van der Waals surface area contributed by atoms with Crippen molar-refractivity contribution in [2.75, 3.05) is 7.11 Å². The Hall–Kier alpha value is -0.410. The van der Waals surface area contributed by atoms with Crippen molar-refractivity contribution in [3.63, 3.8) is 0 Å². The molecule has 0 heterocycles. The monoisotopic (exact) mass is 236 g/mol. The summed E-state index contributed by atoms with van der Waals surface area (Å²) in [5.74, 6) is 0.335. The molecule has 0 saturated heterocycles. The summed E-state index contributed by atoms with van der Waals surface area (Å²) in [6, 6.07) is 3.17. The van der Waals surface area contributed by atoms with Gasteiger partial charge in [0.05, 0.1) is 12.1 Å². The summed E-state index contributed by atoms with van der Waals surface area (Å²) in [4.78, 5) is 0. The first-order valence-corrected chi connectivity index (χ1v) is 4.04. The number of hydrogen-bond donors (Lipinski definition) is 1. The van der Waals surface area contributed by atoms with Gasteiger partial charge in [0, 0.05) is 4.47 Å². The van der Waals surface area contributed by atoms with E-state index in [-0.39, 0.29) is 5.75 Å². The van der Waals surface area contributed by atoms with Crippen LogP contribution in [0.15, 0.2) is 16.6 Å². The molecule has 0 aromatic heterocycles. The third-order valence-electron chi connectivity index (χ3n) is 1.19.